The number of carbonyl (C=O) groups is 1. The van der Waals surface area contributed by atoms with Gasteiger partial charge >= 0.3 is 0 Å². The molecule has 0 radical (unpaired) electrons. The molecule has 1 unspecified atom stereocenters. The van der Waals surface area contributed by atoms with Gasteiger partial charge in [-0.3, -0.25) is 4.79 Å². The molecule has 1 N–H and O–H groups in total. The van der Waals surface area contributed by atoms with Crippen molar-refractivity contribution in [2.24, 2.45) is 7.05 Å². The molecule has 0 aliphatic rings. The fourth-order valence-corrected chi connectivity index (χ4v) is 2.48. The summed E-state index contributed by atoms with van der Waals surface area (Å²) in [5, 5.41) is 3.01. The molecule has 1 aromatic heterocycles. The van der Waals surface area contributed by atoms with Crippen molar-refractivity contribution in [2.75, 3.05) is 0 Å². The van der Waals surface area contributed by atoms with E-state index in [1.807, 2.05) is 38.4 Å². The molecule has 0 saturated carbocycles. The molecule has 0 spiro atoms. The zero-order valence-corrected chi connectivity index (χ0v) is 12.9. The Bertz CT molecular complexity index is 587. The highest BCUT2D eigenvalue weighted by Gasteiger charge is 2.14. The lowest BCUT2D eigenvalue weighted by molar-refractivity contribution is 0.0931. The first kappa shape index (κ1) is 13.9. The van der Waals surface area contributed by atoms with Crippen LogP contribution >= 0.6 is 15.9 Å². The molecular weight excluding hydrogens is 304 g/mol. The number of halogens is 1. The van der Waals surface area contributed by atoms with Crippen molar-refractivity contribution in [3.8, 4) is 0 Å². The number of nitrogens with one attached hydrogen (secondary N) is 1. The van der Waals surface area contributed by atoms with Gasteiger partial charge in [-0.05, 0) is 41.4 Å². The van der Waals surface area contributed by atoms with Gasteiger partial charge in [0.05, 0.1) is 6.04 Å². The minimum Gasteiger partial charge on any atom is -0.345 e. The molecule has 19 heavy (non-hydrogen) atoms. The number of hydrogen-bond acceptors (Lipinski definition) is 1. The fraction of sp³-hybridized carbons (Fsp3) is 0.267. The molecule has 0 bridgehead atoms. The quantitative estimate of drug-likeness (QED) is 0.921. The SMILES string of the molecule is Cc1ccc(C(C)NC(=O)c2cc(Br)cn2C)cc1. The van der Waals surface area contributed by atoms with E-state index in [0.717, 1.165) is 10.0 Å². The van der Waals surface area contributed by atoms with Crippen LogP contribution in [0, 0.1) is 6.92 Å². The predicted molar refractivity (Wildman–Crippen MR) is 80.2 cm³/mol. The molecule has 100 valence electrons. The van der Waals surface area contributed by atoms with Crippen LogP contribution in [0.3, 0.4) is 0 Å². The Kier molecular flexibility index (Phi) is 4.10. The molecule has 1 aromatic carbocycles. The molecule has 0 aliphatic carbocycles. The van der Waals surface area contributed by atoms with E-state index in [1.54, 1.807) is 4.57 Å². The monoisotopic (exact) mass is 320 g/mol. The minimum absolute atomic E-state index is 0.0122. The van der Waals surface area contributed by atoms with Crippen molar-refractivity contribution in [2.45, 2.75) is 19.9 Å². The van der Waals surface area contributed by atoms with Gasteiger partial charge in [-0.2, -0.15) is 0 Å². The number of hydrogen-bond donors (Lipinski definition) is 1. The van der Waals surface area contributed by atoms with Gasteiger partial charge in [-0.1, -0.05) is 29.8 Å². The smallest absolute Gasteiger partial charge is 0.268 e. The van der Waals surface area contributed by atoms with Gasteiger partial charge in [-0.25, -0.2) is 0 Å². The maximum absolute atomic E-state index is 12.2. The van der Waals surface area contributed by atoms with Gasteiger partial charge < -0.3 is 9.88 Å². The van der Waals surface area contributed by atoms with Crippen LogP contribution in [-0.4, -0.2) is 10.5 Å². The molecule has 1 heterocycles. The first-order valence-electron chi connectivity index (χ1n) is 6.16. The zero-order chi connectivity index (χ0) is 14.0. The average molecular weight is 321 g/mol. The zero-order valence-electron chi connectivity index (χ0n) is 11.3. The third kappa shape index (κ3) is 3.26. The normalized spacial score (nSPS) is 12.2. The molecule has 2 rings (SSSR count). The number of carbonyl (C=O) groups excluding carboxylic acids is 1. The summed E-state index contributed by atoms with van der Waals surface area (Å²) in [6.07, 6.45) is 1.87. The lowest BCUT2D eigenvalue weighted by atomic mass is 10.1. The van der Waals surface area contributed by atoms with Crippen LogP contribution in [0.1, 0.15) is 34.6 Å². The second-order valence-corrected chi connectivity index (χ2v) is 5.68. The van der Waals surface area contributed by atoms with Crippen molar-refractivity contribution in [3.05, 3.63) is 57.8 Å². The van der Waals surface area contributed by atoms with E-state index in [-0.39, 0.29) is 11.9 Å². The second-order valence-electron chi connectivity index (χ2n) is 4.76. The van der Waals surface area contributed by atoms with Crippen LogP contribution in [0.5, 0.6) is 0 Å². The third-order valence-electron chi connectivity index (χ3n) is 3.13. The maximum atomic E-state index is 12.2. The van der Waals surface area contributed by atoms with Gasteiger partial charge in [0.1, 0.15) is 5.69 Å². The molecule has 1 atom stereocenters. The fourth-order valence-electron chi connectivity index (χ4n) is 1.96. The highest BCUT2D eigenvalue weighted by molar-refractivity contribution is 9.10. The van der Waals surface area contributed by atoms with Gasteiger partial charge in [0.25, 0.3) is 5.91 Å². The van der Waals surface area contributed by atoms with Crippen LogP contribution in [-0.2, 0) is 7.05 Å². The van der Waals surface area contributed by atoms with E-state index in [9.17, 15) is 4.79 Å². The highest BCUT2D eigenvalue weighted by Crippen LogP contribution is 2.16. The first-order chi connectivity index (χ1) is 8.97. The molecule has 3 nitrogen and oxygen atoms in total. The number of aromatic nitrogens is 1. The first-order valence-corrected chi connectivity index (χ1v) is 6.96. The summed E-state index contributed by atoms with van der Waals surface area (Å²) >= 11 is 3.37. The number of rotatable bonds is 3. The van der Waals surface area contributed by atoms with Gasteiger partial charge in [-0.15, -0.1) is 0 Å². The third-order valence-corrected chi connectivity index (χ3v) is 3.56. The Morgan fingerprint density at radius 2 is 1.95 bits per heavy atom. The second kappa shape index (κ2) is 5.61. The highest BCUT2D eigenvalue weighted by atomic mass is 79.9. The van der Waals surface area contributed by atoms with Gasteiger partial charge in [0.15, 0.2) is 0 Å². The van der Waals surface area contributed by atoms with Crippen LogP contribution in [0.15, 0.2) is 41.0 Å². The Hall–Kier alpha value is -1.55. The van der Waals surface area contributed by atoms with E-state index < -0.39 is 0 Å². The Labute approximate surface area is 121 Å². The van der Waals surface area contributed by atoms with E-state index in [1.165, 1.54) is 5.56 Å². The van der Waals surface area contributed by atoms with E-state index in [0.29, 0.717) is 5.69 Å². The number of benzene rings is 1. The van der Waals surface area contributed by atoms with Crippen molar-refractivity contribution in [1.82, 2.24) is 9.88 Å². The number of amides is 1. The van der Waals surface area contributed by atoms with E-state index in [4.69, 9.17) is 0 Å². The molecule has 0 fully saturated rings. The molecule has 0 aliphatic heterocycles. The maximum Gasteiger partial charge on any atom is 0.268 e. The summed E-state index contributed by atoms with van der Waals surface area (Å²) in [7, 11) is 1.86. The average Bonchev–Trinajstić information content (AvgIpc) is 2.69. The van der Waals surface area contributed by atoms with Crippen LogP contribution in [0.25, 0.3) is 0 Å². The lowest BCUT2D eigenvalue weighted by Gasteiger charge is -2.14. The summed E-state index contributed by atoms with van der Waals surface area (Å²) in [6, 6.07) is 10.00. The van der Waals surface area contributed by atoms with Crippen LogP contribution in [0.2, 0.25) is 0 Å². The van der Waals surface area contributed by atoms with Crippen molar-refractivity contribution in [3.63, 3.8) is 0 Å². The van der Waals surface area contributed by atoms with Crippen molar-refractivity contribution >= 4 is 21.8 Å². The van der Waals surface area contributed by atoms with E-state index in [2.05, 4.69) is 40.3 Å². The molecule has 0 saturated heterocycles. The lowest BCUT2D eigenvalue weighted by Crippen LogP contribution is -2.28. The predicted octanol–water partition coefficient (Wildman–Crippen LogP) is 3.59. The molecular formula is C15H17BrN2O. The van der Waals surface area contributed by atoms with Crippen LogP contribution < -0.4 is 5.32 Å². The summed E-state index contributed by atoms with van der Waals surface area (Å²) in [6.45, 7) is 4.04. The van der Waals surface area contributed by atoms with Gasteiger partial charge in [0, 0.05) is 17.7 Å². The van der Waals surface area contributed by atoms with E-state index >= 15 is 0 Å². The van der Waals surface area contributed by atoms with Gasteiger partial charge in [0.2, 0.25) is 0 Å². The summed E-state index contributed by atoms with van der Waals surface area (Å²) in [5.41, 5.74) is 2.96. The number of nitrogens with zero attached hydrogens (tertiary/aromatic N) is 1. The molecule has 1 amide bonds. The summed E-state index contributed by atoms with van der Waals surface area (Å²) in [4.78, 5) is 12.2. The number of aryl methyl sites for hydroxylation is 2. The Morgan fingerprint density at radius 3 is 2.47 bits per heavy atom. The topological polar surface area (TPSA) is 34.0 Å². The standard InChI is InChI=1S/C15H17BrN2O/c1-10-4-6-12(7-5-10)11(2)17-15(19)14-8-13(16)9-18(14)3/h4-9,11H,1-3H3,(H,17,19). The Balaban J connectivity index is 2.10. The summed E-state index contributed by atoms with van der Waals surface area (Å²) in [5.74, 6) is -0.0683. The largest absolute Gasteiger partial charge is 0.345 e. The molecule has 2 aromatic rings. The minimum atomic E-state index is -0.0683. The summed E-state index contributed by atoms with van der Waals surface area (Å²) < 4.78 is 2.71. The van der Waals surface area contributed by atoms with Crippen LogP contribution in [0.4, 0.5) is 0 Å². The Morgan fingerprint density at radius 1 is 1.32 bits per heavy atom. The van der Waals surface area contributed by atoms with Crippen molar-refractivity contribution in [1.29, 1.82) is 0 Å². The van der Waals surface area contributed by atoms with Crippen molar-refractivity contribution < 1.29 is 4.79 Å². The molecule has 4 heteroatoms.